The van der Waals surface area contributed by atoms with Gasteiger partial charge in [0.25, 0.3) is 0 Å². The summed E-state index contributed by atoms with van der Waals surface area (Å²) in [4.78, 5) is 0. The van der Waals surface area contributed by atoms with Gasteiger partial charge in [-0.05, 0) is 35.4 Å². The minimum Gasteiger partial charge on any atom is -0.406 e. The largest absolute Gasteiger partial charge is 0.573 e. The Kier molecular flexibility index (Phi) is 5.24. The summed E-state index contributed by atoms with van der Waals surface area (Å²) in [6.45, 7) is 0. The van der Waals surface area contributed by atoms with Gasteiger partial charge in [0.05, 0.1) is 5.69 Å². The monoisotopic (exact) mass is 347 g/mol. The van der Waals surface area contributed by atoms with Gasteiger partial charge in [-0.3, -0.25) is 10.8 Å². The van der Waals surface area contributed by atoms with E-state index < -0.39 is 12.2 Å². The van der Waals surface area contributed by atoms with Crippen LogP contribution < -0.4 is 15.9 Å². The normalized spacial score (nSPS) is 11.5. The first-order valence-corrected chi connectivity index (χ1v) is 6.83. The Morgan fingerprint density at radius 2 is 1.60 bits per heavy atom. The zero-order valence-corrected chi connectivity index (χ0v) is 12.6. The Balaban J connectivity index is 2.10. The number of hydrazone groups is 1. The lowest BCUT2D eigenvalue weighted by molar-refractivity contribution is -0.274. The van der Waals surface area contributed by atoms with E-state index in [2.05, 4.69) is 15.3 Å². The number of ether oxygens (including phenoxy) is 1. The molecule has 0 saturated carbocycles. The second-order valence-corrected chi connectivity index (χ2v) is 4.75. The standard InChI is InChI=1S/C16H12F3N5O/c17-16(18,19)25-13-7-3-11(4-8-13)10-1-5-12(6-2-10)23-24-14(9-20)15(21)22/h1-8,23H,(H3,21,22)/b24-14+. The molecule has 0 aliphatic rings. The first-order valence-electron chi connectivity index (χ1n) is 6.83. The van der Waals surface area contributed by atoms with Crippen molar-refractivity contribution in [3.63, 3.8) is 0 Å². The van der Waals surface area contributed by atoms with Gasteiger partial charge in [0.2, 0.25) is 5.71 Å². The maximum Gasteiger partial charge on any atom is 0.573 e. The lowest BCUT2D eigenvalue weighted by atomic mass is 10.1. The smallest absolute Gasteiger partial charge is 0.406 e. The molecule has 4 N–H and O–H groups in total. The fourth-order valence-corrected chi connectivity index (χ4v) is 1.85. The average molecular weight is 347 g/mol. The Morgan fingerprint density at radius 1 is 1.08 bits per heavy atom. The molecule has 0 aromatic heterocycles. The predicted octanol–water partition coefficient (Wildman–Crippen LogP) is 3.48. The molecule has 0 aliphatic carbocycles. The molecular weight excluding hydrogens is 335 g/mol. The number of nitrogens with zero attached hydrogens (tertiary/aromatic N) is 2. The van der Waals surface area contributed by atoms with E-state index in [1.807, 2.05) is 0 Å². The van der Waals surface area contributed by atoms with Crippen LogP contribution in [0.25, 0.3) is 11.1 Å². The molecule has 2 rings (SSSR count). The molecule has 0 heterocycles. The van der Waals surface area contributed by atoms with Crippen molar-refractivity contribution in [1.29, 1.82) is 10.7 Å². The maximum absolute atomic E-state index is 12.1. The fraction of sp³-hybridized carbons (Fsp3) is 0.0625. The number of nitriles is 1. The molecular formula is C16H12F3N5O. The molecule has 2 aromatic rings. The number of rotatable bonds is 5. The van der Waals surface area contributed by atoms with Gasteiger partial charge in [0.1, 0.15) is 11.8 Å². The minimum atomic E-state index is -4.72. The summed E-state index contributed by atoms with van der Waals surface area (Å²) in [7, 11) is 0. The molecule has 128 valence electrons. The SMILES string of the molecule is N#C/C(=N\Nc1ccc(-c2ccc(OC(F)(F)F)cc2)cc1)C(=N)N. The third kappa shape index (κ3) is 5.24. The lowest BCUT2D eigenvalue weighted by Gasteiger charge is -2.09. The highest BCUT2D eigenvalue weighted by Gasteiger charge is 2.30. The van der Waals surface area contributed by atoms with E-state index in [0.717, 1.165) is 5.56 Å². The highest BCUT2D eigenvalue weighted by molar-refractivity contribution is 6.45. The molecule has 9 heteroatoms. The highest BCUT2D eigenvalue weighted by Crippen LogP contribution is 2.27. The van der Waals surface area contributed by atoms with E-state index >= 15 is 0 Å². The molecule has 0 amide bonds. The van der Waals surface area contributed by atoms with Crippen molar-refractivity contribution < 1.29 is 17.9 Å². The average Bonchev–Trinajstić information content (AvgIpc) is 2.55. The number of nitrogens with one attached hydrogen (secondary N) is 2. The molecule has 0 spiro atoms. The number of alkyl halides is 3. The Hall–Kier alpha value is -3.54. The van der Waals surface area contributed by atoms with Gasteiger partial charge in [0, 0.05) is 0 Å². The topological polar surface area (TPSA) is 107 Å². The van der Waals surface area contributed by atoms with E-state index in [-0.39, 0.29) is 11.5 Å². The van der Waals surface area contributed by atoms with Gasteiger partial charge in [0.15, 0.2) is 5.84 Å². The second kappa shape index (κ2) is 7.35. The molecule has 25 heavy (non-hydrogen) atoms. The first-order chi connectivity index (χ1) is 11.8. The number of hydrogen-bond donors (Lipinski definition) is 3. The molecule has 0 saturated heterocycles. The number of anilines is 1. The summed E-state index contributed by atoms with van der Waals surface area (Å²) in [5.74, 6) is -0.745. The third-order valence-corrected chi connectivity index (χ3v) is 2.96. The summed E-state index contributed by atoms with van der Waals surface area (Å²) in [6.07, 6.45) is -4.72. The van der Waals surface area contributed by atoms with E-state index in [1.54, 1.807) is 30.3 Å². The third-order valence-electron chi connectivity index (χ3n) is 2.96. The van der Waals surface area contributed by atoms with Crippen molar-refractivity contribution in [1.82, 2.24) is 0 Å². The van der Waals surface area contributed by atoms with E-state index in [1.165, 1.54) is 24.3 Å². The molecule has 0 atom stereocenters. The Morgan fingerprint density at radius 3 is 2.04 bits per heavy atom. The van der Waals surface area contributed by atoms with E-state index in [4.69, 9.17) is 16.4 Å². The lowest BCUT2D eigenvalue weighted by Crippen LogP contribution is -2.21. The van der Waals surface area contributed by atoms with Gasteiger partial charge >= 0.3 is 6.36 Å². The van der Waals surface area contributed by atoms with Crippen molar-refractivity contribution in [2.24, 2.45) is 10.8 Å². The van der Waals surface area contributed by atoms with Crippen LogP contribution in [0.2, 0.25) is 0 Å². The summed E-state index contributed by atoms with van der Waals surface area (Å²) in [5, 5.41) is 19.6. The van der Waals surface area contributed by atoms with Gasteiger partial charge in [-0.2, -0.15) is 10.4 Å². The van der Waals surface area contributed by atoms with Crippen LogP contribution in [-0.2, 0) is 0 Å². The quantitative estimate of drug-likeness (QED) is 0.437. The molecule has 2 aromatic carbocycles. The number of amidine groups is 1. The zero-order chi connectivity index (χ0) is 18.4. The van der Waals surface area contributed by atoms with Gasteiger partial charge in [-0.1, -0.05) is 24.3 Å². The van der Waals surface area contributed by atoms with Crippen molar-refractivity contribution in [3.8, 4) is 22.9 Å². The van der Waals surface area contributed by atoms with Crippen LogP contribution in [0.3, 0.4) is 0 Å². The van der Waals surface area contributed by atoms with Crippen LogP contribution in [0.4, 0.5) is 18.9 Å². The van der Waals surface area contributed by atoms with Crippen LogP contribution in [0, 0.1) is 16.7 Å². The zero-order valence-electron chi connectivity index (χ0n) is 12.6. The van der Waals surface area contributed by atoms with Crippen molar-refractivity contribution >= 4 is 17.2 Å². The summed E-state index contributed by atoms with van der Waals surface area (Å²) in [6, 6.07) is 13.9. The predicted molar refractivity (Wildman–Crippen MR) is 87.1 cm³/mol. The molecule has 0 fully saturated rings. The van der Waals surface area contributed by atoms with Gasteiger partial charge in [-0.25, -0.2) is 0 Å². The van der Waals surface area contributed by atoms with Crippen molar-refractivity contribution in [2.45, 2.75) is 6.36 Å². The van der Waals surface area contributed by atoms with Crippen molar-refractivity contribution in [3.05, 3.63) is 48.5 Å². The van der Waals surface area contributed by atoms with Crippen LogP contribution in [0.15, 0.2) is 53.6 Å². The van der Waals surface area contributed by atoms with Crippen molar-refractivity contribution in [2.75, 3.05) is 5.43 Å². The fourth-order valence-electron chi connectivity index (χ4n) is 1.85. The van der Waals surface area contributed by atoms with Crippen LogP contribution >= 0.6 is 0 Å². The molecule has 6 nitrogen and oxygen atoms in total. The summed E-state index contributed by atoms with van der Waals surface area (Å²) < 4.78 is 40.2. The first kappa shape index (κ1) is 17.8. The van der Waals surface area contributed by atoms with Gasteiger partial charge in [-0.15, -0.1) is 13.2 Å². The number of hydrogen-bond acceptors (Lipinski definition) is 5. The summed E-state index contributed by atoms with van der Waals surface area (Å²) in [5.41, 5.74) is 9.53. The Bertz CT molecular complexity index is 821. The molecule has 0 bridgehead atoms. The second-order valence-electron chi connectivity index (χ2n) is 4.75. The molecule has 0 aliphatic heterocycles. The summed E-state index contributed by atoms with van der Waals surface area (Å²) >= 11 is 0. The Labute approximate surface area is 140 Å². The minimum absolute atomic E-state index is 0.246. The van der Waals surface area contributed by atoms with Gasteiger partial charge < -0.3 is 10.5 Å². The highest BCUT2D eigenvalue weighted by atomic mass is 19.4. The maximum atomic E-state index is 12.1. The van der Waals surface area contributed by atoms with Crippen LogP contribution in [-0.4, -0.2) is 17.9 Å². The number of benzene rings is 2. The number of halogens is 3. The van der Waals surface area contributed by atoms with E-state index in [9.17, 15) is 13.2 Å². The molecule has 0 unspecified atom stereocenters. The number of nitrogens with two attached hydrogens (primary N) is 1. The van der Waals surface area contributed by atoms with Crippen LogP contribution in [0.1, 0.15) is 0 Å². The van der Waals surface area contributed by atoms with Crippen LogP contribution in [0.5, 0.6) is 5.75 Å². The van der Waals surface area contributed by atoms with E-state index in [0.29, 0.717) is 11.3 Å². The molecule has 0 radical (unpaired) electrons.